The zero-order chi connectivity index (χ0) is 18.9. The lowest BCUT2D eigenvalue weighted by Gasteiger charge is -2.54. The lowest BCUT2D eigenvalue weighted by atomic mass is 9.54. The molecule has 5 saturated carbocycles. The molecular weight excluding hydrogens is 379 g/mol. The van der Waals surface area contributed by atoms with Crippen LogP contribution in [0.2, 0.25) is 5.02 Å². The molecule has 0 radical (unpaired) electrons. The van der Waals surface area contributed by atoms with Crippen LogP contribution < -0.4 is 5.32 Å². The third-order valence-electron chi connectivity index (χ3n) is 7.01. The summed E-state index contributed by atoms with van der Waals surface area (Å²) in [7, 11) is 0. The maximum absolute atomic E-state index is 13.2. The first-order chi connectivity index (χ1) is 12.8. The van der Waals surface area contributed by atoms with Crippen LogP contribution in [-0.4, -0.2) is 21.7 Å². The number of hydrogen-bond donors (Lipinski definition) is 1. The van der Waals surface area contributed by atoms with Crippen molar-refractivity contribution in [1.82, 2.24) is 15.1 Å². The molecule has 4 bridgehead atoms. The molecule has 5 fully saturated rings. The van der Waals surface area contributed by atoms with Crippen molar-refractivity contribution < 1.29 is 18.0 Å². The molecular formula is C19H23ClF3N3O. The summed E-state index contributed by atoms with van der Waals surface area (Å²) in [6.45, 7) is -0.190. The van der Waals surface area contributed by atoms with Gasteiger partial charge in [-0.05, 0) is 68.6 Å². The minimum Gasteiger partial charge on any atom is -0.351 e. The Bertz CT molecular complexity index is 743. The Hall–Kier alpha value is -1.24. The Balaban J connectivity index is 1.33. The fourth-order valence-corrected chi connectivity index (χ4v) is 6.43. The van der Waals surface area contributed by atoms with Gasteiger partial charge in [-0.1, -0.05) is 11.6 Å². The van der Waals surface area contributed by atoms with E-state index in [9.17, 15) is 18.0 Å². The van der Waals surface area contributed by atoms with Gasteiger partial charge in [-0.3, -0.25) is 9.48 Å². The fraction of sp³-hybridized carbons (Fsp3) is 0.789. The number of aromatic nitrogens is 2. The molecule has 5 aliphatic rings. The molecule has 8 heteroatoms. The van der Waals surface area contributed by atoms with Crippen molar-refractivity contribution >= 4 is 17.5 Å². The summed E-state index contributed by atoms with van der Waals surface area (Å²) in [6.07, 6.45) is 3.02. The van der Waals surface area contributed by atoms with Crippen LogP contribution in [0.4, 0.5) is 13.2 Å². The molecule has 0 aliphatic heterocycles. The Labute approximate surface area is 160 Å². The highest BCUT2D eigenvalue weighted by molar-refractivity contribution is 6.32. The minimum atomic E-state index is -4.61. The second-order valence-corrected chi connectivity index (χ2v) is 9.38. The maximum atomic E-state index is 13.2. The Morgan fingerprint density at radius 2 is 1.70 bits per heavy atom. The molecule has 0 unspecified atom stereocenters. The lowest BCUT2D eigenvalue weighted by Crippen LogP contribution is -2.56. The van der Waals surface area contributed by atoms with Crippen LogP contribution >= 0.6 is 11.6 Å². The van der Waals surface area contributed by atoms with Gasteiger partial charge >= 0.3 is 6.18 Å². The third-order valence-corrected chi connectivity index (χ3v) is 7.38. The van der Waals surface area contributed by atoms with E-state index in [1.807, 2.05) is 0 Å². The number of amides is 1. The van der Waals surface area contributed by atoms with Gasteiger partial charge in [-0.25, -0.2) is 0 Å². The van der Waals surface area contributed by atoms with E-state index in [4.69, 9.17) is 11.6 Å². The Kier molecular flexibility index (Phi) is 4.05. The summed E-state index contributed by atoms with van der Waals surface area (Å²) >= 11 is 5.99. The molecule has 27 heavy (non-hydrogen) atoms. The minimum absolute atomic E-state index is 0.0185. The van der Waals surface area contributed by atoms with Crippen molar-refractivity contribution in [2.75, 3.05) is 0 Å². The van der Waals surface area contributed by atoms with E-state index < -0.39 is 11.9 Å². The van der Waals surface area contributed by atoms with Crippen molar-refractivity contribution in [2.45, 2.75) is 69.6 Å². The number of alkyl halides is 3. The van der Waals surface area contributed by atoms with Gasteiger partial charge in [0.1, 0.15) is 6.54 Å². The summed E-state index contributed by atoms with van der Waals surface area (Å²) in [5, 5.41) is 6.47. The molecule has 148 valence electrons. The number of carbonyl (C=O) groups is 1. The predicted molar refractivity (Wildman–Crippen MR) is 93.2 cm³/mol. The van der Waals surface area contributed by atoms with Gasteiger partial charge in [0.2, 0.25) is 5.91 Å². The monoisotopic (exact) mass is 401 g/mol. The molecule has 1 heterocycles. The number of nitrogens with one attached hydrogen (secondary N) is 1. The number of hydrogen-bond acceptors (Lipinski definition) is 2. The van der Waals surface area contributed by atoms with Crippen molar-refractivity contribution in [2.24, 2.45) is 23.7 Å². The van der Waals surface area contributed by atoms with Crippen molar-refractivity contribution in [1.29, 1.82) is 0 Å². The number of rotatable bonds is 4. The van der Waals surface area contributed by atoms with Crippen LogP contribution in [0, 0.1) is 23.7 Å². The number of carbonyl (C=O) groups excluding carboxylic acids is 1. The summed E-state index contributed by atoms with van der Waals surface area (Å²) < 4.78 is 40.7. The second-order valence-electron chi connectivity index (χ2n) is 9.00. The van der Waals surface area contributed by atoms with Crippen molar-refractivity contribution in [3.8, 4) is 0 Å². The van der Waals surface area contributed by atoms with Gasteiger partial charge in [0.05, 0.1) is 10.7 Å². The van der Waals surface area contributed by atoms with Crippen LogP contribution in [0.25, 0.3) is 0 Å². The molecule has 1 amide bonds. The molecule has 0 aromatic carbocycles. The lowest BCUT2D eigenvalue weighted by molar-refractivity contribution is -0.141. The SMILES string of the molecule is O=C(Cn1nc(C(F)(F)F)c(Cl)c1C1CC1)NC1C2CC3CC(C2)CC1C3. The molecule has 0 saturated heterocycles. The second kappa shape index (κ2) is 6.13. The molecule has 5 aliphatic carbocycles. The van der Waals surface area contributed by atoms with E-state index in [-0.39, 0.29) is 29.4 Å². The molecule has 0 spiro atoms. The summed E-state index contributed by atoms with van der Waals surface area (Å²) in [6, 6.07) is 0.169. The average molecular weight is 402 g/mol. The Morgan fingerprint density at radius 3 is 2.22 bits per heavy atom. The smallest absolute Gasteiger partial charge is 0.351 e. The van der Waals surface area contributed by atoms with Crippen LogP contribution in [-0.2, 0) is 17.5 Å². The van der Waals surface area contributed by atoms with Crippen LogP contribution in [0.5, 0.6) is 0 Å². The number of halogens is 4. The van der Waals surface area contributed by atoms with Gasteiger partial charge in [0.25, 0.3) is 0 Å². The first-order valence-corrected chi connectivity index (χ1v) is 10.3. The summed E-state index contributed by atoms with van der Waals surface area (Å²) in [5.74, 6) is 2.40. The summed E-state index contributed by atoms with van der Waals surface area (Å²) in [5.41, 5.74) is -0.710. The molecule has 1 N–H and O–H groups in total. The van der Waals surface area contributed by atoms with E-state index in [1.165, 1.54) is 36.8 Å². The quantitative estimate of drug-likeness (QED) is 0.814. The highest BCUT2D eigenvalue weighted by Crippen LogP contribution is 2.53. The first-order valence-electron chi connectivity index (χ1n) is 9.92. The van der Waals surface area contributed by atoms with Crippen LogP contribution in [0.1, 0.15) is 62.3 Å². The third kappa shape index (κ3) is 3.15. The zero-order valence-corrected chi connectivity index (χ0v) is 15.7. The average Bonchev–Trinajstić information content (AvgIpc) is 3.33. The number of nitrogens with zero attached hydrogens (tertiary/aromatic N) is 2. The standard InChI is InChI=1S/C19H23ClF3N3O/c20-15-17(11-1-2-11)26(25-18(15)19(21,22)23)8-14(27)24-16-12-4-9-3-10(6-12)7-13(16)5-9/h9-13,16H,1-8H2,(H,24,27). The van der Waals surface area contributed by atoms with Crippen molar-refractivity contribution in [3.63, 3.8) is 0 Å². The van der Waals surface area contributed by atoms with Gasteiger partial charge in [0, 0.05) is 12.0 Å². The predicted octanol–water partition coefficient (Wildman–Crippen LogP) is 4.37. The van der Waals surface area contributed by atoms with E-state index in [1.54, 1.807) is 0 Å². The molecule has 0 atom stereocenters. The van der Waals surface area contributed by atoms with Gasteiger partial charge in [-0.2, -0.15) is 18.3 Å². The molecule has 1 aromatic rings. The molecule has 6 rings (SSSR count). The zero-order valence-electron chi connectivity index (χ0n) is 14.9. The van der Waals surface area contributed by atoms with Gasteiger partial charge < -0.3 is 5.32 Å². The fourth-order valence-electron chi connectivity index (χ4n) is 6.03. The molecule has 4 nitrogen and oxygen atoms in total. The van der Waals surface area contributed by atoms with Crippen LogP contribution in [0.15, 0.2) is 0 Å². The topological polar surface area (TPSA) is 46.9 Å². The van der Waals surface area contributed by atoms with E-state index in [2.05, 4.69) is 10.4 Å². The largest absolute Gasteiger partial charge is 0.436 e. The van der Waals surface area contributed by atoms with Crippen molar-refractivity contribution in [3.05, 3.63) is 16.4 Å². The maximum Gasteiger partial charge on any atom is 0.436 e. The normalized spacial score (nSPS) is 34.9. The first kappa shape index (κ1) is 17.8. The van der Waals surface area contributed by atoms with Gasteiger partial charge in [-0.15, -0.1) is 0 Å². The molecule has 1 aromatic heterocycles. The highest BCUT2D eigenvalue weighted by atomic mass is 35.5. The van der Waals surface area contributed by atoms with Crippen LogP contribution in [0.3, 0.4) is 0 Å². The van der Waals surface area contributed by atoms with E-state index in [0.29, 0.717) is 17.5 Å². The highest BCUT2D eigenvalue weighted by Gasteiger charge is 2.49. The summed E-state index contributed by atoms with van der Waals surface area (Å²) in [4.78, 5) is 12.7. The van der Waals surface area contributed by atoms with Gasteiger partial charge in [0.15, 0.2) is 5.69 Å². The van der Waals surface area contributed by atoms with E-state index in [0.717, 1.165) is 24.7 Å². The Morgan fingerprint density at radius 1 is 1.11 bits per heavy atom. The van der Waals surface area contributed by atoms with E-state index >= 15 is 0 Å².